The van der Waals surface area contributed by atoms with Gasteiger partial charge in [0.2, 0.25) is 0 Å². The van der Waals surface area contributed by atoms with Crippen molar-refractivity contribution in [2.75, 3.05) is 0 Å². The summed E-state index contributed by atoms with van der Waals surface area (Å²) in [6.07, 6.45) is 0. The number of nitrogens with two attached hydrogens (primary N) is 1. The zero-order valence-electron chi connectivity index (χ0n) is 10.3. The first kappa shape index (κ1) is 16.6. The second-order valence-corrected chi connectivity index (χ2v) is 4.97. The topological polar surface area (TPSA) is 89.4 Å². The highest BCUT2D eigenvalue weighted by Gasteiger charge is 2.28. The maximum Gasteiger partial charge on any atom is 0.272 e. The molecule has 0 radical (unpaired) electrons. The van der Waals surface area contributed by atoms with Gasteiger partial charge in [-0.15, -0.1) is 12.4 Å². The summed E-state index contributed by atoms with van der Waals surface area (Å²) in [6.45, 7) is 5.40. The smallest absolute Gasteiger partial charge is 0.272 e. The Balaban J connectivity index is 0.00000289. The summed E-state index contributed by atoms with van der Waals surface area (Å²) in [5.41, 5.74) is 5.04. The highest BCUT2D eigenvalue weighted by atomic mass is 35.5. The molecule has 0 aliphatic heterocycles. The molecule has 0 fully saturated rings. The van der Waals surface area contributed by atoms with E-state index < -0.39 is 33.6 Å². The van der Waals surface area contributed by atoms with Gasteiger partial charge in [0.05, 0.1) is 11.0 Å². The van der Waals surface area contributed by atoms with E-state index in [2.05, 4.69) is 0 Å². The quantitative estimate of drug-likeness (QED) is 0.643. The Morgan fingerprint density at radius 2 is 1.94 bits per heavy atom. The third-order valence-electron chi connectivity index (χ3n) is 2.56. The van der Waals surface area contributed by atoms with Gasteiger partial charge in [0, 0.05) is 17.7 Å². The first-order valence-electron chi connectivity index (χ1n) is 5.07. The number of hydrogen-bond donors (Lipinski definition) is 2. The van der Waals surface area contributed by atoms with Crippen molar-refractivity contribution in [3.63, 3.8) is 0 Å². The minimum absolute atomic E-state index is 0. The second kappa shape index (κ2) is 5.49. The summed E-state index contributed by atoms with van der Waals surface area (Å²) in [5.74, 6) is -1.66. The van der Waals surface area contributed by atoms with Crippen LogP contribution >= 0.6 is 12.4 Å². The maximum absolute atomic E-state index is 13.3. The molecule has 0 amide bonds. The Morgan fingerprint density at radius 3 is 2.33 bits per heavy atom. The lowest BCUT2D eigenvalue weighted by molar-refractivity contribution is -0.385. The lowest BCUT2D eigenvalue weighted by atomic mass is 9.82. The Kier molecular flexibility index (Phi) is 5.07. The molecule has 1 rings (SSSR count). The molecule has 0 bridgehead atoms. The number of hydrogen-bond acceptors (Lipinski definition) is 4. The van der Waals surface area contributed by atoms with Crippen LogP contribution in [0.4, 0.5) is 10.1 Å². The van der Waals surface area contributed by atoms with Gasteiger partial charge in [-0.25, -0.2) is 4.39 Å². The molecule has 0 aliphatic rings. The Morgan fingerprint density at radius 1 is 1.44 bits per heavy atom. The molecule has 1 aromatic carbocycles. The van der Waals surface area contributed by atoms with Crippen LogP contribution in [0.3, 0.4) is 0 Å². The van der Waals surface area contributed by atoms with E-state index in [9.17, 15) is 19.6 Å². The van der Waals surface area contributed by atoms with E-state index >= 15 is 0 Å². The zero-order valence-corrected chi connectivity index (χ0v) is 11.1. The van der Waals surface area contributed by atoms with E-state index in [0.29, 0.717) is 6.07 Å². The molecule has 0 spiro atoms. The van der Waals surface area contributed by atoms with Crippen LogP contribution in [0.1, 0.15) is 32.4 Å². The molecule has 0 aromatic heterocycles. The SMILES string of the molecule is CC(C)(C)[C@@H](N)c1cc([N+](=O)[O-])cc(F)c1O.Cl. The number of nitro groups is 1. The highest BCUT2D eigenvalue weighted by Crippen LogP contribution is 2.38. The van der Waals surface area contributed by atoms with Crippen LogP contribution in [0, 0.1) is 21.3 Å². The van der Waals surface area contributed by atoms with E-state index in [1.165, 1.54) is 0 Å². The zero-order chi connectivity index (χ0) is 13.4. The summed E-state index contributed by atoms with van der Waals surface area (Å²) < 4.78 is 13.3. The first-order chi connectivity index (χ1) is 7.64. The standard InChI is InChI=1S/C11H15FN2O3.ClH/c1-11(2,3)10(13)7-4-6(14(16)17)5-8(12)9(7)15;/h4-5,10,15H,13H2,1-3H3;1H/t10-;/m0./s1. The van der Waals surface area contributed by atoms with Gasteiger partial charge in [-0.1, -0.05) is 20.8 Å². The largest absolute Gasteiger partial charge is 0.505 e. The van der Waals surface area contributed by atoms with Gasteiger partial charge < -0.3 is 10.8 Å². The number of rotatable bonds is 2. The lowest BCUT2D eigenvalue weighted by Crippen LogP contribution is -2.26. The van der Waals surface area contributed by atoms with Gasteiger partial charge in [-0.05, 0) is 5.41 Å². The summed E-state index contributed by atoms with van der Waals surface area (Å²) in [5, 5.41) is 20.2. The average molecular weight is 279 g/mol. The molecule has 3 N–H and O–H groups in total. The molecule has 0 saturated heterocycles. The fourth-order valence-corrected chi connectivity index (χ4v) is 1.41. The molecule has 0 aliphatic carbocycles. The number of benzene rings is 1. The minimum atomic E-state index is -1.03. The maximum atomic E-state index is 13.3. The van der Waals surface area contributed by atoms with Crippen LogP contribution in [0.2, 0.25) is 0 Å². The number of non-ortho nitro benzene ring substituents is 1. The van der Waals surface area contributed by atoms with E-state index in [0.717, 1.165) is 6.07 Å². The van der Waals surface area contributed by atoms with E-state index in [1.807, 2.05) is 0 Å². The number of aromatic hydroxyl groups is 1. The second-order valence-electron chi connectivity index (χ2n) is 4.97. The summed E-state index contributed by atoms with van der Waals surface area (Å²) in [4.78, 5) is 9.88. The minimum Gasteiger partial charge on any atom is -0.505 e. The predicted octanol–water partition coefficient (Wildman–Crippen LogP) is 2.91. The van der Waals surface area contributed by atoms with E-state index in [4.69, 9.17) is 5.73 Å². The fourth-order valence-electron chi connectivity index (χ4n) is 1.41. The highest BCUT2D eigenvalue weighted by molar-refractivity contribution is 5.85. The number of phenolic OH excluding ortho intramolecular Hbond substituents is 1. The number of halogens is 2. The van der Waals surface area contributed by atoms with Crippen LogP contribution in [0.25, 0.3) is 0 Å². The Labute approximate surface area is 110 Å². The van der Waals surface area contributed by atoms with Crippen LogP contribution in [0.5, 0.6) is 5.75 Å². The molecule has 0 heterocycles. The van der Waals surface area contributed by atoms with Gasteiger partial charge in [-0.2, -0.15) is 0 Å². The van der Waals surface area contributed by atoms with E-state index in [-0.39, 0.29) is 18.0 Å². The Hall–Kier alpha value is -1.40. The fraction of sp³-hybridized carbons (Fsp3) is 0.455. The van der Waals surface area contributed by atoms with Crippen molar-refractivity contribution < 1.29 is 14.4 Å². The summed E-state index contributed by atoms with van der Waals surface area (Å²) in [6, 6.07) is 1.08. The molecule has 0 unspecified atom stereocenters. The lowest BCUT2D eigenvalue weighted by Gasteiger charge is -2.27. The molecule has 1 aromatic rings. The van der Waals surface area contributed by atoms with Gasteiger partial charge in [-0.3, -0.25) is 10.1 Å². The van der Waals surface area contributed by atoms with Gasteiger partial charge in [0.1, 0.15) is 0 Å². The van der Waals surface area contributed by atoms with Gasteiger partial charge >= 0.3 is 0 Å². The number of nitro benzene ring substituents is 1. The van der Waals surface area contributed by atoms with Gasteiger partial charge in [0.15, 0.2) is 11.6 Å². The summed E-state index contributed by atoms with van der Waals surface area (Å²) in [7, 11) is 0. The number of nitrogens with zero attached hydrogens (tertiary/aromatic N) is 1. The molecular weight excluding hydrogens is 263 g/mol. The third kappa shape index (κ3) is 3.30. The van der Waals surface area contributed by atoms with Crippen molar-refractivity contribution in [1.82, 2.24) is 0 Å². The average Bonchev–Trinajstić information content (AvgIpc) is 2.19. The molecule has 5 nitrogen and oxygen atoms in total. The van der Waals surface area contributed by atoms with Crippen molar-refractivity contribution in [2.45, 2.75) is 26.8 Å². The van der Waals surface area contributed by atoms with Crippen molar-refractivity contribution in [3.05, 3.63) is 33.6 Å². The van der Waals surface area contributed by atoms with Crippen LogP contribution < -0.4 is 5.73 Å². The molecule has 0 saturated carbocycles. The van der Waals surface area contributed by atoms with Crippen molar-refractivity contribution in [3.8, 4) is 5.75 Å². The van der Waals surface area contributed by atoms with Crippen molar-refractivity contribution in [2.24, 2.45) is 11.1 Å². The number of phenols is 1. The summed E-state index contributed by atoms with van der Waals surface area (Å²) >= 11 is 0. The first-order valence-corrected chi connectivity index (χ1v) is 5.07. The Bertz CT molecular complexity index is 460. The molecule has 102 valence electrons. The van der Waals surface area contributed by atoms with E-state index in [1.54, 1.807) is 20.8 Å². The molecule has 7 heteroatoms. The monoisotopic (exact) mass is 278 g/mol. The van der Waals surface area contributed by atoms with Crippen molar-refractivity contribution >= 4 is 18.1 Å². The van der Waals surface area contributed by atoms with Gasteiger partial charge in [0.25, 0.3) is 5.69 Å². The van der Waals surface area contributed by atoms with Crippen LogP contribution in [0.15, 0.2) is 12.1 Å². The van der Waals surface area contributed by atoms with Crippen LogP contribution in [-0.4, -0.2) is 10.0 Å². The molecule has 18 heavy (non-hydrogen) atoms. The normalized spacial score (nSPS) is 12.7. The van der Waals surface area contributed by atoms with Crippen LogP contribution in [-0.2, 0) is 0 Å². The van der Waals surface area contributed by atoms with Crippen molar-refractivity contribution in [1.29, 1.82) is 0 Å². The predicted molar refractivity (Wildman–Crippen MR) is 68.4 cm³/mol. The molecular formula is C11H16ClFN2O3. The molecule has 1 atom stereocenters. The third-order valence-corrected chi connectivity index (χ3v) is 2.56.